The highest BCUT2D eigenvalue weighted by molar-refractivity contribution is 14.1. The Morgan fingerprint density at radius 3 is 2.30 bits per heavy atom. The summed E-state index contributed by atoms with van der Waals surface area (Å²) in [5.74, 6) is 0. The lowest BCUT2D eigenvalue weighted by atomic mass is 10.1. The van der Waals surface area contributed by atoms with E-state index in [1.165, 1.54) is 6.07 Å². The first-order chi connectivity index (χ1) is 9.27. The van der Waals surface area contributed by atoms with Crippen LogP contribution in [0.25, 0.3) is 0 Å². The summed E-state index contributed by atoms with van der Waals surface area (Å²) in [5, 5.41) is 8.35. The maximum absolute atomic E-state index is 11.5. The van der Waals surface area contributed by atoms with Crippen molar-refractivity contribution in [1.29, 1.82) is 0 Å². The van der Waals surface area contributed by atoms with Gasteiger partial charge in [-0.2, -0.15) is 0 Å². The monoisotopic (exact) mass is 403 g/mol. The first-order valence-electron chi connectivity index (χ1n) is 5.73. The number of sulfonamides is 1. The number of nitrogens with one attached hydrogen (secondary N) is 1. The lowest BCUT2D eigenvalue weighted by Gasteiger charge is -2.13. The minimum Gasteiger partial charge on any atom is -0.399 e. The van der Waals surface area contributed by atoms with Crippen LogP contribution in [0.2, 0.25) is 0 Å². The van der Waals surface area contributed by atoms with E-state index in [2.05, 4.69) is 27.9 Å². The Balaban J connectivity index is 2.47. The summed E-state index contributed by atoms with van der Waals surface area (Å²) in [6.07, 6.45) is 0. The van der Waals surface area contributed by atoms with Crippen molar-refractivity contribution in [2.75, 3.05) is 11.1 Å². The first kappa shape index (κ1) is 15.1. The van der Waals surface area contributed by atoms with Crippen LogP contribution < -0.4 is 16.2 Å². The van der Waals surface area contributed by atoms with E-state index in [1.807, 2.05) is 24.3 Å². The van der Waals surface area contributed by atoms with Crippen LogP contribution in [-0.2, 0) is 10.0 Å². The molecule has 0 atom stereocenters. The molecule has 0 unspecified atom stereocenters. The van der Waals surface area contributed by atoms with Gasteiger partial charge in [0.25, 0.3) is 0 Å². The third-order valence-corrected chi connectivity index (χ3v) is 4.57. The number of rotatable bonds is 3. The highest BCUT2D eigenvalue weighted by Crippen LogP contribution is 2.28. The average molecular weight is 403 g/mol. The SMILES string of the molecule is Cc1c(Nc2ccc(I)cc2)cc(N)cc1S(N)(=O)=O. The van der Waals surface area contributed by atoms with Gasteiger partial charge in [0, 0.05) is 20.6 Å². The maximum atomic E-state index is 11.5. The fraction of sp³-hybridized carbons (Fsp3) is 0.0769. The van der Waals surface area contributed by atoms with Gasteiger partial charge in [0.15, 0.2) is 0 Å². The summed E-state index contributed by atoms with van der Waals surface area (Å²) >= 11 is 2.21. The molecule has 20 heavy (non-hydrogen) atoms. The lowest BCUT2D eigenvalue weighted by Crippen LogP contribution is -2.15. The number of nitrogens with two attached hydrogens (primary N) is 2. The molecule has 0 aliphatic rings. The Bertz CT molecular complexity index is 743. The van der Waals surface area contributed by atoms with E-state index in [4.69, 9.17) is 10.9 Å². The van der Waals surface area contributed by atoms with Crippen molar-refractivity contribution in [3.8, 4) is 0 Å². The quantitative estimate of drug-likeness (QED) is 0.542. The Labute approximate surface area is 131 Å². The second-order valence-electron chi connectivity index (χ2n) is 4.37. The minimum atomic E-state index is -3.80. The largest absolute Gasteiger partial charge is 0.399 e. The van der Waals surface area contributed by atoms with Gasteiger partial charge in [-0.05, 0) is 71.5 Å². The van der Waals surface area contributed by atoms with E-state index >= 15 is 0 Å². The van der Waals surface area contributed by atoms with E-state index in [0.717, 1.165) is 9.26 Å². The van der Waals surface area contributed by atoms with Crippen LogP contribution in [-0.4, -0.2) is 8.42 Å². The Kier molecular flexibility index (Phi) is 4.21. The molecule has 0 aliphatic carbocycles. The van der Waals surface area contributed by atoms with Crippen LogP contribution in [0.3, 0.4) is 0 Å². The van der Waals surface area contributed by atoms with Crippen molar-refractivity contribution in [1.82, 2.24) is 0 Å². The smallest absolute Gasteiger partial charge is 0.238 e. The average Bonchev–Trinajstić information content (AvgIpc) is 2.35. The van der Waals surface area contributed by atoms with Crippen molar-refractivity contribution in [3.05, 3.63) is 45.5 Å². The van der Waals surface area contributed by atoms with Crippen LogP contribution in [0.15, 0.2) is 41.3 Å². The molecule has 0 bridgehead atoms. The van der Waals surface area contributed by atoms with Crippen LogP contribution in [0, 0.1) is 10.5 Å². The molecule has 2 rings (SSSR count). The number of hydrogen-bond acceptors (Lipinski definition) is 4. The molecule has 2 aromatic carbocycles. The molecule has 106 valence electrons. The molecule has 2 aromatic rings. The number of benzene rings is 2. The second-order valence-corrected chi connectivity index (χ2v) is 7.14. The van der Waals surface area contributed by atoms with Gasteiger partial charge >= 0.3 is 0 Å². The van der Waals surface area contributed by atoms with Gasteiger partial charge in [-0.25, -0.2) is 13.6 Å². The highest BCUT2D eigenvalue weighted by atomic mass is 127. The van der Waals surface area contributed by atoms with Gasteiger partial charge in [0.1, 0.15) is 0 Å². The predicted octanol–water partition coefficient (Wildman–Crippen LogP) is 2.57. The van der Waals surface area contributed by atoms with Crippen molar-refractivity contribution in [2.24, 2.45) is 5.14 Å². The molecular weight excluding hydrogens is 389 g/mol. The lowest BCUT2D eigenvalue weighted by molar-refractivity contribution is 0.597. The third-order valence-electron chi connectivity index (χ3n) is 2.81. The van der Waals surface area contributed by atoms with Crippen molar-refractivity contribution >= 4 is 49.7 Å². The molecule has 0 heterocycles. The van der Waals surface area contributed by atoms with Crippen molar-refractivity contribution < 1.29 is 8.42 Å². The number of anilines is 3. The zero-order valence-corrected chi connectivity index (χ0v) is 13.7. The molecule has 5 N–H and O–H groups in total. The molecular formula is C13H14IN3O2S. The van der Waals surface area contributed by atoms with Crippen molar-refractivity contribution in [3.63, 3.8) is 0 Å². The summed E-state index contributed by atoms with van der Waals surface area (Å²) in [6, 6.07) is 10.8. The molecule has 0 amide bonds. The number of primary sulfonamides is 1. The highest BCUT2D eigenvalue weighted by Gasteiger charge is 2.15. The molecule has 0 radical (unpaired) electrons. The summed E-state index contributed by atoms with van der Waals surface area (Å²) < 4.78 is 24.2. The van der Waals surface area contributed by atoms with Crippen LogP contribution in [0.4, 0.5) is 17.1 Å². The maximum Gasteiger partial charge on any atom is 0.238 e. The molecule has 7 heteroatoms. The Morgan fingerprint density at radius 1 is 1.15 bits per heavy atom. The second kappa shape index (κ2) is 5.58. The van der Waals surface area contributed by atoms with Gasteiger partial charge in [0.2, 0.25) is 10.0 Å². The predicted molar refractivity (Wildman–Crippen MR) is 89.4 cm³/mol. The molecule has 0 saturated heterocycles. The Morgan fingerprint density at radius 2 is 1.75 bits per heavy atom. The zero-order valence-electron chi connectivity index (χ0n) is 10.7. The van der Waals surface area contributed by atoms with Gasteiger partial charge in [0.05, 0.1) is 4.90 Å². The molecule has 0 saturated carbocycles. The number of hydrogen-bond donors (Lipinski definition) is 3. The number of halogens is 1. The standard InChI is InChI=1S/C13H14IN3O2S/c1-8-12(17-11-4-2-9(14)3-5-11)6-10(15)7-13(8)20(16,18)19/h2-7,17H,15H2,1H3,(H2,16,18,19). The van der Waals surface area contributed by atoms with Crippen LogP contribution in [0.5, 0.6) is 0 Å². The van der Waals surface area contributed by atoms with Gasteiger partial charge in [-0.3, -0.25) is 0 Å². The molecule has 0 aliphatic heterocycles. The van der Waals surface area contributed by atoms with Crippen LogP contribution >= 0.6 is 22.6 Å². The topological polar surface area (TPSA) is 98.2 Å². The van der Waals surface area contributed by atoms with Crippen molar-refractivity contribution in [2.45, 2.75) is 11.8 Å². The fourth-order valence-electron chi connectivity index (χ4n) is 1.82. The summed E-state index contributed by atoms with van der Waals surface area (Å²) in [4.78, 5) is 0.0329. The normalized spacial score (nSPS) is 11.3. The van der Waals surface area contributed by atoms with Gasteiger partial charge < -0.3 is 11.1 Å². The zero-order chi connectivity index (χ0) is 14.9. The minimum absolute atomic E-state index is 0.0329. The number of nitrogen functional groups attached to an aromatic ring is 1. The summed E-state index contributed by atoms with van der Waals surface area (Å²) in [7, 11) is -3.80. The molecule has 0 fully saturated rings. The van der Waals surface area contributed by atoms with E-state index in [1.54, 1.807) is 13.0 Å². The summed E-state index contributed by atoms with van der Waals surface area (Å²) in [5.41, 5.74) is 8.09. The van der Waals surface area contributed by atoms with E-state index in [0.29, 0.717) is 16.9 Å². The van der Waals surface area contributed by atoms with E-state index < -0.39 is 10.0 Å². The van der Waals surface area contributed by atoms with E-state index in [9.17, 15) is 8.42 Å². The van der Waals surface area contributed by atoms with E-state index in [-0.39, 0.29) is 4.90 Å². The summed E-state index contributed by atoms with van der Waals surface area (Å²) in [6.45, 7) is 1.69. The molecule has 5 nitrogen and oxygen atoms in total. The molecule has 0 spiro atoms. The third kappa shape index (κ3) is 3.41. The first-order valence-corrected chi connectivity index (χ1v) is 8.35. The van der Waals surface area contributed by atoms with Gasteiger partial charge in [-0.1, -0.05) is 0 Å². The van der Waals surface area contributed by atoms with Gasteiger partial charge in [-0.15, -0.1) is 0 Å². The Hall–Kier alpha value is -1.32. The van der Waals surface area contributed by atoms with Crippen LogP contribution in [0.1, 0.15) is 5.56 Å². The molecule has 0 aromatic heterocycles. The fourth-order valence-corrected chi connectivity index (χ4v) is 3.02.